The third-order valence-electron chi connectivity index (χ3n) is 3.55. The van der Waals surface area contributed by atoms with Crippen molar-refractivity contribution >= 4 is 28.3 Å². The van der Waals surface area contributed by atoms with Gasteiger partial charge in [0.25, 0.3) is 0 Å². The molecule has 2 saturated heterocycles. The predicted octanol–water partition coefficient (Wildman–Crippen LogP) is 0.564. The number of thiophene rings is 1. The van der Waals surface area contributed by atoms with Crippen LogP contribution in [-0.4, -0.2) is 61.0 Å². The average molecular weight is 330 g/mol. The number of carbonyl (C=O) groups is 2. The molecule has 0 saturated carbocycles. The molecule has 1 atom stereocenters. The Morgan fingerprint density at radius 2 is 2.27 bits per heavy atom. The molecule has 1 aromatic rings. The smallest absolute Gasteiger partial charge is 0.415 e. The molecule has 7 nitrogen and oxygen atoms in total. The third kappa shape index (κ3) is 2.79. The second-order valence-electron chi connectivity index (χ2n) is 5.05. The van der Waals surface area contributed by atoms with Crippen LogP contribution in [0.15, 0.2) is 5.38 Å². The van der Waals surface area contributed by atoms with Crippen LogP contribution in [0.25, 0.3) is 0 Å². The van der Waals surface area contributed by atoms with E-state index in [0.717, 1.165) is 11.3 Å². The van der Waals surface area contributed by atoms with Crippen LogP contribution >= 0.6 is 11.3 Å². The van der Waals surface area contributed by atoms with Gasteiger partial charge in [-0.2, -0.15) is 0 Å². The number of carbonyl (C=O) groups excluding carboxylic acids is 2. The molecule has 0 spiro atoms. The molecular weight excluding hydrogens is 315 g/mol. The quantitative estimate of drug-likeness (QED) is 0.873. The van der Waals surface area contributed by atoms with Crippen molar-refractivity contribution in [3.05, 3.63) is 16.8 Å². The van der Waals surface area contributed by atoms with E-state index >= 15 is 0 Å². The topological polar surface area (TPSA) is 79.3 Å². The molecule has 0 unspecified atom stereocenters. The number of rotatable bonds is 4. The summed E-state index contributed by atoms with van der Waals surface area (Å²) in [6, 6.07) is 0. The van der Waals surface area contributed by atoms with Gasteiger partial charge in [-0.25, -0.2) is 9.18 Å². The molecule has 9 heteroatoms. The Bertz CT molecular complexity index is 593. The Morgan fingerprint density at radius 1 is 1.45 bits per heavy atom. The summed E-state index contributed by atoms with van der Waals surface area (Å²) in [4.78, 5) is 26.1. The number of amides is 2. The van der Waals surface area contributed by atoms with Crippen molar-refractivity contribution in [1.29, 1.82) is 0 Å². The lowest BCUT2D eigenvalue weighted by Gasteiger charge is -2.26. The van der Waals surface area contributed by atoms with E-state index in [1.54, 1.807) is 5.38 Å². The van der Waals surface area contributed by atoms with E-state index in [2.05, 4.69) is 0 Å². The fourth-order valence-corrected chi connectivity index (χ4v) is 3.30. The minimum Gasteiger partial charge on any atom is -0.441 e. The van der Waals surface area contributed by atoms with Gasteiger partial charge in [0.1, 0.15) is 17.7 Å². The molecule has 2 amide bonds. The number of hydrogen-bond acceptors (Lipinski definition) is 6. The van der Waals surface area contributed by atoms with E-state index < -0.39 is 18.0 Å². The number of hydrogen-bond donors (Lipinski definition) is 1. The van der Waals surface area contributed by atoms with Gasteiger partial charge in [-0.3, -0.25) is 9.69 Å². The van der Waals surface area contributed by atoms with E-state index in [0.29, 0.717) is 18.7 Å². The lowest BCUT2D eigenvalue weighted by Crippen LogP contribution is -2.41. The van der Waals surface area contributed by atoms with Gasteiger partial charge in [-0.15, -0.1) is 11.3 Å². The highest BCUT2D eigenvalue weighted by molar-refractivity contribution is 7.14. The third-order valence-corrected chi connectivity index (χ3v) is 4.58. The van der Waals surface area contributed by atoms with Gasteiger partial charge in [0.15, 0.2) is 5.82 Å². The van der Waals surface area contributed by atoms with E-state index in [1.165, 1.54) is 9.80 Å². The molecule has 0 aliphatic carbocycles. The highest BCUT2D eigenvalue weighted by Gasteiger charge is 2.35. The van der Waals surface area contributed by atoms with Crippen LogP contribution in [0.5, 0.6) is 0 Å². The van der Waals surface area contributed by atoms with Gasteiger partial charge in [-0.1, -0.05) is 0 Å². The van der Waals surface area contributed by atoms with E-state index in [-0.39, 0.29) is 37.2 Å². The zero-order valence-corrected chi connectivity index (χ0v) is 12.5. The molecule has 0 radical (unpaired) electrons. The highest BCUT2D eigenvalue weighted by Crippen LogP contribution is 2.33. The summed E-state index contributed by atoms with van der Waals surface area (Å²) in [6.07, 6.45) is -1.31. The van der Waals surface area contributed by atoms with Gasteiger partial charge in [0.2, 0.25) is 5.91 Å². The summed E-state index contributed by atoms with van der Waals surface area (Å²) in [5.41, 5.74) is 0.357. The van der Waals surface area contributed by atoms with Gasteiger partial charge in [-0.05, 0) is 0 Å². The summed E-state index contributed by atoms with van der Waals surface area (Å²) in [5.74, 6) is -0.709. The van der Waals surface area contributed by atoms with Gasteiger partial charge < -0.3 is 19.5 Å². The Hall–Kier alpha value is -1.71. The Kier molecular flexibility index (Phi) is 4.27. The lowest BCUT2D eigenvalue weighted by molar-refractivity contribution is -0.143. The maximum Gasteiger partial charge on any atom is 0.415 e. The zero-order valence-electron chi connectivity index (χ0n) is 11.7. The van der Waals surface area contributed by atoms with Crippen molar-refractivity contribution in [2.75, 3.05) is 37.8 Å². The number of halogens is 1. The molecule has 1 aromatic heterocycles. The molecule has 0 bridgehead atoms. The van der Waals surface area contributed by atoms with Gasteiger partial charge >= 0.3 is 6.09 Å². The van der Waals surface area contributed by atoms with Crippen LogP contribution < -0.4 is 4.90 Å². The number of anilines is 1. The summed E-state index contributed by atoms with van der Waals surface area (Å²) < 4.78 is 24.4. The van der Waals surface area contributed by atoms with E-state index in [1.807, 2.05) is 0 Å². The summed E-state index contributed by atoms with van der Waals surface area (Å²) in [5, 5.41) is 10.8. The first kappa shape index (κ1) is 15.2. The van der Waals surface area contributed by atoms with Crippen LogP contribution in [0.1, 0.15) is 5.56 Å². The average Bonchev–Trinajstić information content (AvgIpc) is 3.05. The standard InChI is InChI=1S/C13H15FN2O5S/c14-11-8(3-15-1-2-20-6-10(15)18)7-22-12(11)16-4-9(5-17)21-13(16)19/h7,9,17H,1-6H2/t9-/m1/s1. The first-order valence-electron chi connectivity index (χ1n) is 6.80. The fourth-order valence-electron chi connectivity index (χ4n) is 2.36. The maximum atomic E-state index is 14.5. The molecule has 2 aliphatic rings. The number of aliphatic hydroxyl groups is 1. The normalized spacial score (nSPS) is 22.4. The second kappa shape index (κ2) is 6.19. The van der Waals surface area contributed by atoms with Crippen LogP contribution in [0.3, 0.4) is 0 Å². The van der Waals surface area contributed by atoms with Crippen LogP contribution in [0, 0.1) is 5.82 Å². The number of aliphatic hydroxyl groups excluding tert-OH is 1. The van der Waals surface area contributed by atoms with Crippen molar-refractivity contribution in [3.8, 4) is 0 Å². The van der Waals surface area contributed by atoms with Crippen LogP contribution in [-0.2, 0) is 20.8 Å². The molecular formula is C13H15FN2O5S. The predicted molar refractivity (Wildman–Crippen MR) is 75.2 cm³/mol. The largest absolute Gasteiger partial charge is 0.441 e. The number of nitrogens with zero attached hydrogens (tertiary/aromatic N) is 2. The van der Waals surface area contributed by atoms with Crippen LogP contribution in [0.2, 0.25) is 0 Å². The van der Waals surface area contributed by atoms with E-state index in [9.17, 15) is 14.0 Å². The zero-order chi connectivity index (χ0) is 15.7. The minimum absolute atomic E-state index is 0.00917. The SMILES string of the molecule is O=C1COCCN1Cc1csc(N2C[C@H](CO)OC2=O)c1F. The number of cyclic esters (lactones) is 1. The van der Waals surface area contributed by atoms with Crippen molar-refractivity contribution < 1.29 is 28.6 Å². The van der Waals surface area contributed by atoms with Crippen molar-refractivity contribution in [2.24, 2.45) is 0 Å². The Labute approximate surface area is 129 Å². The maximum absolute atomic E-state index is 14.5. The monoisotopic (exact) mass is 330 g/mol. The number of ether oxygens (including phenoxy) is 2. The summed E-state index contributed by atoms with van der Waals surface area (Å²) in [6.45, 7) is 0.821. The highest BCUT2D eigenvalue weighted by atomic mass is 32.1. The van der Waals surface area contributed by atoms with Gasteiger partial charge in [0.05, 0.1) is 19.8 Å². The van der Waals surface area contributed by atoms with Crippen molar-refractivity contribution in [2.45, 2.75) is 12.6 Å². The Morgan fingerprint density at radius 3 is 2.95 bits per heavy atom. The van der Waals surface area contributed by atoms with E-state index in [4.69, 9.17) is 14.6 Å². The minimum atomic E-state index is -0.672. The first-order valence-corrected chi connectivity index (χ1v) is 7.68. The summed E-state index contributed by atoms with van der Waals surface area (Å²) >= 11 is 1.08. The van der Waals surface area contributed by atoms with Crippen molar-refractivity contribution in [3.63, 3.8) is 0 Å². The molecule has 0 aromatic carbocycles. The molecule has 3 rings (SSSR count). The van der Waals surface area contributed by atoms with Crippen molar-refractivity contribution in [1.82, 2.24) is 4.90 Å². The first-order chi connectivity index (χ1) is 10.6. The molecule has 2 fully saturated rings. The summed E-state index contributed by atoms with van der Waals surface area (Å²) in [7, 11) is 0. The lowest BCUT2D eigenvalue weighted by atomic mass is 10.2. The second-order valence-corrected chi connectivity index (χ2v) is 5.91. The fraction of sp³-hybridized carbons (Fsp3) is 0.538. The molecule has 120 valence electrons. The molecule has 1 N–H and O–H groups in total. The van der Waals surface area contributed by atoms with Crippen LogP contribution in [0.4, 0.5) is 14.2 Å². The Balaban J connectivity index is 1.74. The number of morpholine rings is 1. The molecule has 22 heavy (non-hydrogen) atoms. The molecule has 2 aliphatic heterocycles. The van der Waals surface area contributed by atoms with Gasteiger partial charge in [0, 0.05) is 24.0 Å². The molecule has 3 heterocycles.